The molecule has 2 rings (SSSR count). The SMILES string of the molecule is CC1CCC(CNC(=O)C(C)(N)c2ccccc2)CC1.Cl. The molecule has 1 atom stereocenters. The summed E-state index contributed by atoms with van der Waals surface area (Å²) in [5.41, 5.74) is 6.11. The number of carbonyl (C=O) groups is 1. The van der Waals surface area contributed by atoms with Crippen molar-refractivity contribution in [1.82, 2.24) is 5.32 Å². The summed E-state index contributed by atoms with van der Waals surface area (Å²) in [4.78, 5) is 12.3. The molecule has 1 amide bonds. The van der Waals surface area contributed by atoms with Gasteiger partial charge in [-0.1, -0.05) is 50.1 Å². The van der Waals surface area contributed by atoms with Gasteiger partial charge in [0.2, 0.25) is 5.91 Å². The number of carbonyl (C=O) groups excluding carboxylic acids is 1. The van der Waals surface area contributed by atoms with Gasteiger partial charge in [-0.3, -0.25) is 4.79 Å². The lowest BCUT2D eigenvalue weighted by atomic mass is 9.83. The highest BCUT2D eigenvalue weighted by Gasteiger charge is 2.30. The predicted octanol–water partition coefficient (Wildman–Crippen LogP) is 3.22. The summed E-state index contributed by atoms with van der Waals surface area (Å²) >= 11 is 0. The fraction of sp³-hybridized carbons (Fsp3) is 0.588. The maximum absolute atomic E-state index is 12.3. The van der Waals surface area contributed by atoms with Gasteiger partial charge in [0, 0.05) is 6.54 Å². The molecule has 1 fully saturated rings. The van der Waals surface area contributed by atoms with Crippen LogP contribution in [0, 0.1) is 11.8 Å². The highest BCUT2D eigenvalue weighted by molar-refractivity contribution is 5.87. The van der Waals surface area contributed by atoms with Crippen LogP contribution < -0.4 is 11.1 Å². The van der Waals surface area contributed by atoms with Gasteiger partial charge in [0.1, 0.15) is 5.54 Å². The molecule has 3 nitrogen and oxygen atoms in total. The van der Waals surface area contributed by atoms with Gasteiger partial charge in [-0.15, -0.1) is 12.4 Å². The molecule has 0 aromatic heterocycles. The second-order valence-electron chi connectivity index (χ2n) is 6.40. The van der Waals surface area contributed by atoms with Gasteiger partial charge in [-0.2, -0.15) is 0 Å². The molecule has 118 valence electrons. The quantitative estimate of drug-likeness (QED) is 0.897. The number of nitrogens with one attached hydrogen (secondary N) is 1. The standard InChI is InChI=1S/C17H26N2O.ClH/c1-13-8-10-14(11-9-13)12-19-16(20)17(2,18)15-6-4-3-5-7-15;/h3-7,13-14H,8-12,18H2,1-2H3,(H,19,20);1H. The van der Waals surface area contributed by atoms with Crippen LogP contribution in [0.15, 0.2) is 30.3 Å². The van der Waals surface area contributed by atoms with E-state index in [1.807, 2.05) is 30.3 Å². The first kappa shape index (κ1) is 18.0. The maximum Gasteiger partial charge on any atom is 0.244 e. The molecule has 21 heavy (non-hydrogen) atoms. The molecule has 0 bridgehead atoms. The van der Waals surface area contributed by atoms with Crippen molar-refractivity contribution in [3.63, 3.8) is 0 Å². The third-order valence-corrected chi connectivity index (χ3v) is 4.53. The Balaban J connectivity index is 0.00000220. The maximum atomic E-state index is 12.3. The number of hydrogen-bond acceptors (Lipinski definition) is 2. The van der Waals surface area contributed by atoms with E-state index in [0.717, 1.165) is 18.0 Å². The van der Waals surface area contributed by atoms with Gasteiger partial charge in [0.05, 0.1) is 0 Å². The predicted molar refractivity (Wildman–Crippen MR) is 89.4 cm³/mol. The Bertz CT molecular complexity index is 439. The first-order valence-corrected chi connectivity index (χ1v) is 7.63. The summed E-state index contributed by atoms with van der Waals surface area (Å²) in [7, 11) is 0. The molecule has 0 radical (unpaired) electrons. The lowest BCUT2D eigenvalue weighted by molar-refractivity contribution is -0.126. The molecule has 1 aliphatic carbocycles. The minimum atomic E-state index is -0.955. The first-order valence-electron chi connectivity index (χ1n) is 7.63. The minimum absolute atomic E-state index is 0. The minimum Gasteiger partial charge on any atom is -0.354 e. The van der Waals surface area contributed by atoms with Gasteiger partial charge >= 0.3 is 0 Å². The van der Waals surface area contributed by atoms with E-state index in [1.165, 1.54) is 25.7 Å². The van der Waals surface area contributed by atoms with Crippen LogP contribution in [-0.2, 0) is 10.3 Å². The largest absolute Gasteiger partial charge is 0.354 e. The fourth-order valence-corrected chi connectivity index (χ4v) is 2.87. The zero-order valence-electron chi connectivity index (χ0n) is 13.0. The van der Waals surface area contributed by atoms with Crippen LogP contribution in [0.25, 0.3) is 0 Å². The first-order chi connectivity index (χ1) is 9.50. The molecule has 0 heterocycles. The number of hydrogen-bond donors (Lipinski definition) is 2. The number of rotatable bonds is 4. The van der Waals surface area contributed by atoms with Crippen LogP contribution in [0.1, 0.15) is 45.1 Å². The number of nitrogens with two attached hydrogens (primary N) is 1. The molecule has 0 aliphatic heterocycles. The second-order valence-corrected chi connectivity index (χ2v) is 6.40. The normalized spacial score (nSPS) is 24.5. The summed E-state index contributed by atoms with van der Waals surface area (Å²) in [6.45, 7) is 4.84. The van der Waals surface area contributed by atoms with Crippen molar-refractivity contribution in [2.45, 2.75) is 45.1 Å². The van der Waals surface area contributed by atoms with Crippen LogP contribution in [-0.4, -0.2) is 12.5 Å². The number of benzene rings is 1. The van der Waals surface area contributed by atoms with E-state index in [0.29, 0.717) is 5.92 Å². The summed E-state index contributed by atoms with van der Waals surface area (Å²) in [6.07, 6.45) is 4.99. The lowest BCUT2D eigenvalue weighted by Gasteiger charge is -2.29. The Morgan fingerprint density at radius 3 is 2.38 bits per heavy atom. The number of halogens is 1. The zero-order valence-corrected chi connectivity index (χ0v) is 13.8. The van der Waals surface area contributed by atoms with Crippen molar-refractivity contribution in [3.05, 3.63) is 35.9 Å². The smallest absolute Gasteiger partial charge is 0.244 e. The van der Waals surface area contributed by atoms with Gasteiger partial charge in [-0.25, -0.2) is 0 Å². The van der Waals surface area contributed by atoms with E-state index < -0.39 is 5.54 Å². The summed E-state index contributed by atoms with van der Waals surface area (Å²) in [6, 6.07) is 9.57. The monoisotopic (exact) mass is 310 g/mol. The molecule has 4 heteroatoms. The van der Waals surface area contributed by atoms with Crippen LogP contribution in [0.4, 0.5) is 0 Å². The van der Waals surface area contributed by atoms with Crippen molar-refractivity contribution in [3.8, 4) is 0 Å². The third-order valence-electron chi connectivity index (χ3n) is 4.53. The van der Waals surface area contributed by atoms with Crippen molar-refractivity contribution < 1.29 is 4.79 Å². The van der Waals surface area contributed by atoms with Crippen LogP contribution >= 0.6 is 12.4 Å². The highest BCUT2D eigenvalue weighted by Crippen LogP contribution is 2.28. The molecule has 0 spiro atoms. The third kappa shape index (κ3) is 4.72. The van der Waals surface area contributed by atoms with Gasteiger partial charge < -0.3 is 11.1 Å². The molecule has 1 unspecified atom stereocenters. The highest BCUT2D eigenvalue weighted by atomic mass is 35.5. The molecule has 1 aliphatic rings. The Hall–Kier alpha value is -1.06. The molecule has 0 saturated heterocycles. The van der Waals surface area contributed by atoms with Crippen LogP contribution in [0.5, 0.6) is 0 Å². The average molecular weight is 311 g/mol. The van der Waals surface area contributed by atoms with E-state index in [4.69, 9.17) is 5.73 Å². The Morgan fingerprint density at radius 2 is 1.81 bits per heavy atom. The molecular weight excluding hydrogens is 284 g/mol. The van der Waals surface area contributed by atoms with E-state index in [-0.39, 0.29) is 18.3 Å². The average Bonchev–Trinajstić information content (AvgIpc) is 2.47. The van der Waals surface area contributed by atoms with E-state index >= 15 is 0 Å². The molecule has 1 aromatic rings. The van der Waals surface area contributed by atoms with E-state index in [9.17, 15) is 4.79 Å². The topological polar surface area (TPSA) is 55.1 Å². The lowest BCUT2D eigenvalue weighted by Crippen LogP contribution is -2.50. The van der Waals surface area contributed by atoms with Gasteiger partial charge in [0.15, 0.2) is 0 Å². The number of amides is 1. The fourth-order valence-electron chi connectivity index (χ4n) is 2.87. The van der Waals surface area contributed by atoms with Gasteiger partial charge in [-0.05, 0) is 37.2 Å². The Kier molecular flexibility index (Phi) is 6.69. The van der Waals surface area contributed by atoms with Crippen molar-refractivity contribution in [2.75, 3.05) is 6.54 Å². The van der Waals surface area contributed by atoms with Crippen molar-refractivity contribution >= 4 is 18.3 Å². The van der Waals surface area contributed by atoms with E-state index in [2.05, 4.69) is 12.2 Å². The van der Waals surface area contributed by atoms with Crippen molar-refractivity contribution in [1.29, 1.82) is 0 Å². The second kappa shape index (κ2) is 7.81. The van der Waals surface area contributed by atoms with Crippen molar-refractivity contribution in [2.24, 2.45) is 17.6 Å². The molecular formula is C17H27ClN2O. The summed E-state index contributed by atoms with van der Waals surface area (Å²) in [5.74, 6) is 1.37. The van der Waals surface area contributed by atoms with Gasteiger partial charge in [0.25, 0.3) is 0 Å². The van der Waals surface area contributed by atoms with Crippen LogP contribution in [0.2, 0.25) is 0 Å². The molecule has 1 saturated carbocycles. The zero-order chi connectivity index (χ0) is 14.6. The Morgan fingerprint density at radius 1 is 1.24 bits per heavy atom. The Labute approximate surface area is 134 Å². The summed E-state index contributed by atoms with van der Waals surface area (Å²) in [5, 5.41) is 3.04. The molecule has 3 N–H and O–H groups in total. The van der Waals surface area contributed by atoms with Crippen LogP contribution in [0.3, 0.4) is 0 Å². The summed E-state index contributed by atoms with van der Waals surface area (Å²) < 4.78 is 0. The molecule has 1 aromatic carbocycles. The van der Waals surface area contributed by atoms with E-state index in [1.54, 1.807) is 6.92 Å².